The van der Waals surface area contributed by atoms with Crippen molar-refractivity contribution in [3.63, 3.8) is 0 Å². The molecular formula is C26H26N2O. The lowest BCUT2D eigenvalue weighted by molar-refractivity contribution is -0.122. The molecule has 3 aromatic carbocycles. The van der Waals surface area contributed by atoms with Gasteiger partial charge in [0.05, 0.1) is 11.6 Å². The number of nitrogens with zero attached hydrogens (tertiary/aromatic N) is 1. The fourth-order valence-corrected chi connectivity index (χ4v) is 4.26. The zero-order valence-electron chi connectivity index (χ0n) is 17.1. The summed E-state index contributed by atoms with van der Waals surface area (Å²) in [6, 6.07) is 26.9. The van der Waals surface area contributed by atoms with E-state index < -0.39 is 0 Å². The van der Waals surface area contributed by atoms with Crippen molar-refractivity contribution < 1.29 is 4.79 Å². The lowest BCUT2D eigenvalue weighted by atomic mass is 9.85. The Kier molecular flexibility index (Phi) is 5.06. The first kappa shape index (κ1) is 19.1. The summed E-state index contributed by atoms with van der Waals surface area (Å²) in [6.07, 6.45) is 0.797. The van der Waals surface area contributed by atoms with E-state index in [2.05, 4.69) is 66.8 Å². The van der Waals surface area contributed by atoms with Crippen LogP contribution in [0.5, 0.6) is 0 Å². The number of benzene rings is 3. The van der Waals surface area contributed by atoms with E-state index >= 15 is 0 Å². The SMILES string of the molecule is C/C(=N\NC(=O)C1CC1(c1ccccc1)c1ccccc1)c1cc(C)ccc1C. The van der Waals surface area contributed by atoms with Gasteiger partial charge in [-0.3, -0.25) is 4.79 Å². The maximum Gasteiger partial charge on any atom is 0.244 e. The second-order valence-electron chi connectivity index (χ2n) is 7.95. The van der Waals surface area contributed by atoms with Crippen LogP contribution in [0.1, 0.15) is 41.2 Å². The van der Waals surface area contributed by atoms with Gasteiger partial charge in [-0.1, -0.05) is 78.4 Å². The van der Waals surface area contributed by atoms with E-state index in [0.29, 0.717) is 0 Å². The number of amides is 1. The van der Waals surface area contributed by atoms with Crippen LogP contribution in [-0.4, -0.2) is 11.6 Å². The van der Waals surface area contributed by atoms with Gasteiger partial charge in [0.1, 0.15) is 0 Å². The maximum atomic E-state index is 13.0. The summed E-state index contributed by atoms with van der Waals surface area (Å²) >= 11 is 0. The average molecular weight is 383 g/mol. The number of hydrogen-bond acceptors (Lipinski definition) is 2. The standard InChI is InChI=1S/C26H26N2O/c1-18-14-15-19(2)23(16-18)20(3)27-28-25(29)24-17-26(24,21-10-6-4-7-11-21)22-12-8-5-9-13-22/h4-16,24H,17H2,1-3H3,(H,28,29)/b27-20+. The minimum Gasteiger partial charge on any atom is -0.273 e. The van der Waals surface area contributed by atoms with Crippen LogP contribution in [-0.2, 0) is 10.2 Å². The van der Waals surface area contributed by atoms with Gasteiger partial charge < -0.3 is 0 Å². The predicted molar refractivity (Wildman–Crippen MR) is 118 cm³/mol. The highest BCUT2D eigenvalue weighted by molar-refractivity contribution is 6.01. The van der Waals surface area contributed by atoms with Crippen molar-refractivity contribution in [2.45, 2.75) is 32.6 Å². The molecule has 0 aliphatic heterocycles. The first-order chi connectivity index (χ1) is 14.0. The van der Waals surface area contributed by atoms with Crippen molar-refractivity contribution in [2.24, 2.45) is 11.0 Å². The van der Waals surface area contributed by atoms with Gasteiger partial charge in [-0.25, -0.2) is 5.43 Å². The molecule has 0 aromatic heterocycles. The summed E-state index contributed by atoms with van der Waals surface area (Å²) in [5, 5.41) is 4.43. The smallest absolute Gasteiger partial charge is 0.244 e. The lowest BCUT2D eigenvalue weighted by Crippen LogP contribution is -2.26. The van der Waals surface area contributed by atoms with E-state index in [1.165, 1.54) is 16.7 Å². The molecule has 1 atom stereocenters. The largest absolute Gasteiger partial charge is 0.273 e. The molecule has 0 bridgehead atoms. The van der Waals surface area contributed by atoms with E-state index in [9.17, 15) is 4.79 Å². The number of carbonyl (C=O) groups excluding carboxylic acids is 1. The molecule has 1 amide bonds. The summed E-state index contributed by atoms with van der Waals surface area (Å²) in [5.41, 5.74) is 9.16. The van der Waals surface area contributed by atoms with Crippen molar-refractivity contribution >= 4 is 11.6 Å². The quantitative estimate of drug-likeness (QED) is 0.481. The number of hydrazone groups is 1. The monoisotopic (exact) mass is 382 g/mol. The van der Waals surface area contributed by atoms with Crippen LogP contribution in [0.15, 0.2) is 84.0 Å². The second-order valence-corrected chi connectivity index (χ2v) is 7.95. The molecule has 3 nitrogen and oxygen atoms in total. The Labute approximate surface area is 172 Å². The highest BCUT2D eigenvalue weighted by atomic mass is 16.2. The Balaban J connectivity index is 1.58. The first-order valence-electron chi connectivity index (χ1n) is 10.0. The predicted octanol–water partition coefficient (Wildman–Crippen LogP) is 5.15. The molecule has 4 rings (SSSR count). The number of carbonyl (C=O) groups is 1. The van der Waals surface area contributed by atoms with Crippen LogP contribution in [0, 0.1) is 19.8 Å². The van der Waals surface area contributed by atoms with Gasteiger partial charge >= 0.3 is 0 Å². The van der Waals surface area contributed by atoms with Crippen molar-refractivity contribution in [2.75, 3.05) is 0 Å². The molecule has 1 saturated carbocycles. The summed E-state index contributed by atoms with van der Waals surface area (Å²) in [4.78, 5) is 13.0. The molecule has 3 aromatic rings. The number of aryl methyl sites for hydroxylation is 2. The van der Waals surface area contributed by atoms with Crippen molar-refractivity contribution in [3.8, 4) is 0 Å². The van der Waals surface area contributed by atoms with Crippen molar-refractivity contribution in [3.05, 3.63) is 107 Å². The summed E-state index contributed by atoms with van der Waals surface area (Å²) in [7, 11) is 0. The molecule has 29 heavy (non-hydrogen) atoms. The summed E-state index contributed by atoms with van der Waals surface area (Å²) in [6.45, 7) is 6.07. The minimum atomic E-state index is -0.269. The summed E-state index contributed by atoms with van der Waals surface area (Å²) < 4.78 is 0. The van der Waals surface area contributed by atoms with Crippen molar-refractivity contribution in [1.82, 2.24) is 5.43 Å². The van der Waals surface area contributed by atoms with Crippen LogP contribution in [0.4, 0.5) is 0 Å². The second kappa shape index (κ2) is 7.67. The Morgan fingerprint density at radius 1 is 0.931 bits per heavy atom. The van der Waals surface area contributed by atoms with Gasteiger partial charge in [0.2, 0.25) is 5.91 Å². The zero-order chi connectivity index (χ0) is 20.4. The van der Waals surface area contributed by atoms with Gasteiger partial charge in [-0.05, 0) is 49.9 Å². The summed E-state index contributed by atoms with van der Waals surface area (Å²) in [5.74, 6) is -0.148. The van der Waals surface area contributed by atoms with Crippen LogP contribution in [0.3, 0.4) is 0 Å². The zero-order valence-corrected chi connectivity index (χ0v) is 17.1. The Morgan fingerprint density at radius 3 is 2.10 bits per heavy atom. The molecule has 0 heterocycles. The molecule has 3 heteroatoms. The highest BCUT2D eigenvalue weighted by Gasteiger charge is 2.60. The van der Waals surface area contributed by atoms with Gasteiger partial charge in [-0.15, -0.1) is 0 Å². The maximum absolute atomic E-state index is 13.0. The minimum absolute atomic E-state index is 0.0256. The topological polar surface area (TPSA) is 41.5 Å². The number of hydrogen-bond donors (Lipinski definition) is 1. The van der Waals surface area contributed by atoms with E-state index in [1.54, 1.807) is 0 Å². The van der Waals surface area contributed by atoms with Crippen LogP contribution in [0.2, 0.25) is 0 Å². The third-order valence-electron chi connectivity index (χ3n) is 5.97. The van der Waals surface area contributed by atoms with Crippen LogP contribution >= 0.6 is 0 Å². The van der Waals surface area contributed by atoms with Gasteiger partial charge in [-0.2, -0.15) is 5.10 Å². The third kappa shape index (κ3) is 3.61. The van der Waals surface area contributed by atoms with E-state index in [0.717, 1.165) is 23.3 Å². The third-order valence-corrected chi connectivity index (χ3v) is 5.97. The average Bonchev–Trinajstić information content (AvgIpc) is 3.52. The molecule has 1 aliphatic rings. The Hall–Kier alpha value is -3.20. The molecule has 1 aliphatic carbocycles. The van der Waals surface area contributed by atoms with Gasteiger partial charge in [0, 0.05) is 11.0 Å². The first-order valence-corrected chi connectivity index (χ1v) is 10.0. The van der Waals surface area contributed by atoms with Crippen molar-refractivity contribution in [1.29, 1.82) is 0 Å². The molecule has 0 spiro atoms. The van der Waals surface area contributed by atoms with E-state index in [4.69, 9.17) is 0 Å². The molecule has 146 valence electrons. The molecule has 0 saturated heterocycles. The Bertz CT molecular complexity index is 1020. The van der Waals surface area contributed by atoms with Crippen LogP contribution in [0.25, 0.3) is 0 Å². The Morgan fingerprint density at radius 2 is 1.52 bits per heavy atom. The number of nitrogens with one attached hydrogen (secondary N) is 1. The molecule has 0 radical (unpaired) electrons. The molecule has 1 N–H and O–H groups in total. The number of rotatable bonds is 5. The van der Waals surface area contributed by atoms with E-state index in [-0.39, 0.29) is 17.2 Å². The molecular weight excluding hydrogens is 356 g/mol. The fraction of sp³-hybridized carbons (Fsp3) is 0.231. The van der Waals surface area contributed by atoms with Crippen LogP contribution < -0.4 is 5.43 Å². The highest BCUT2D eigenvalue weighted by Crippen LogP contribution is 2.58. The van der Waals surface area contributed by atoms with Gasteiger partial charge in [0.25, 0.3) is 0 Å². The molecule has 1 unspecified atom stereocenters. The lowest BCUT2D eigenvalue weighted by Gasteiger charge is -2.18. The normalized spacial score (nSPS) is 17.6. The van der Waals surface area contributed by atoms with E-state index in [1.807, 2.05) is 43.3 Å². The van der Waals surface area contributed by atoms with Gasteiger partial charge in [0.15, 0.2) is 0 Å². The molecule has 1 fully saturated rings. The fourth-order valence-electron chi connectivity index (χ4n) is 4.26.